The molecule has 0 saturated heterocycles. The van der Waals surface area contributed by atoms with Crippen molar-refractivity contribution in [1.29, 1.82) is 0 Å². The highest BCUT2D eigenvalue weighted by Crippen LogP contribution is 2.20. The molecule has 2 N–H and O–H groups in total. The average Bonchev–Trinajstić information content (AvgIpc) is 2.65. The molecule has 72 valence electrons. The minimum absolute atomic E-state index is 0.129. The van der Waals surface area contributed by atoms with Crippen LogP contribution in [0.1, 0.15) is 0 Å². The van der Waals surface area contributed by atoms with Crippen molar-refractivity contribution < 1.29 is 9.15 Å². The Labute approximate surface area is 80.5 Å². The number of hydrogen-bond acceptors (Lipinski definition) is 5. The molecule has 0 spiro atoms. The van der Waals surface area contributed by atoms with Gasteiger partial charge in [0.05, 0.1) is 12.8 Å². The van der Waals surface area contributed by atoms with Crippen molar-refractivity contribution in [3.05, 3.63) is 24.6 Å². The molecule has 0 amide bonds. The van der Waals surface area contributed by atoms with Crippen LogP contribution in [0.25, 0.3) is 11.4 Å². The highest BCUT2D eigenvalue weighted by atomic mass is 16.5. The van der Waals surface area contributed by atoms with E-state index >= 15 is 0 Å². The molecule has 0 unspecified atom stereocenters. The minimum atomic E-state index is 0.129. The third-order valence-corrected chi connectivity index (χ3v) is 1.75. The lowest BCUT2D eigenvalue weighted by Crippen LogP contribution is -1.88. The fourth-order valence-corrected chi connectivity index (χ4v) is 1.08. The molecular formula is C9H9N3O2. The maximum atomic E-state index is 5.35. The number of pyridine rings is 1. The number of anilines is 1. The first-order chi connectivity index (χ1) is 6.79. The summed E-state index contributed by atoms with van der Waals surface area (Å²) in [5, 5.41) is 0. The van der Waals surface area contributed by atoms with E-state index in [2.05, 4.69) is 9.97 Å². The average molecular weight is 191 g/mol. The van der Waals surface area contributed by atoms with E-state index in [1.807, 2.05) is 0 Å². The summed E-state index contributed by atoms with van der Waals surface area (Å²) in [7, 11) is 1.59. The molecule has 0 aliphatic carbocycles. The van der Waals surface area contributed by atoms with E-state index in [0.29, 0.717) is 11.4 Å². The van der Waals surface area contributed by atoms with Crippen LogP contribution in [0.4, 0.5) is 6.01 Å². The van der Waals surface area contributed by atoms with Crippen molar-refractivity contribution in [3.63, 3.8) is 0 Å². The van der Waals surface area contributed by atoms with E-state index in [-0.39, 0.29) is 6.01 Å². The summed E-state index contributed by atoms with van der Waals surface area (Å²) in [4.78, 5) is 8.06. The van der Waals surface area contributed by atoms with Crippen molar-refractivity contribution in [2.45, 2.75) is 0 Å². The molecule has 0 saturated carbocycles. The molecule has 2 rings (SSSR count). The van der Waals surface area contributed by atoms with Gasteiger partial charge in [-0.25, -0.2) is 0 Å². The molecule has 2 heterocycles. The lowest BCUT2D eigenvalue weighted by atomic mass is 10.3. The number of oxazole rings is 1. The molecule has 2 aromatic heterocycles. The van der Waals surface area contributed by atoms with E-state index < -0.39 is 0 Å². The number of nitrogens with zero attached hydrogens (tertiary/aromatic N) is 2. The maximum Gasteiger partial charge on any atom is 0.292 e. The van der Waals surface area contributed by atoms with Gasteiger partial charge in [0.2, 0.25) is 0 Å². The predicted octanol–water partition coefficient (Wildman–Crippen LogP) is 1.33. The predicted molar refractivity (Wildman–Crippen MR) is 50.7 cm³/mol. The molecule has 0 aromatic carbocycles. The van der Waals surface area contributed by atoms with Crippen molar-refractivity contribution >= 4 is 6.01 Å². The van der Waals surface area contributed by atoms with Gasteiger partial charge in [0.25, 0.3) is 6.01 Å². The van der Waals surface area contributed by atoms with Crippen molar-refractivity contribution in [2.24, 2.45) is 0 Å². The van der Waals surface area contributed by atoms with Gasteiger partial charge in [-0.05, 0) is 6.07 Å². The molecular weight excluding hydrogens is 182 g/mol. The van der Waals surface area contributed by atoms with E-state index in [1.165, 1.54) is 6.26 Å². The van der Waals surface area contributed by atoms with E-state index in [4.69, 9.17) is 14.9 Å². The number of nitrogens with two attached hydrogens (primary N) is 1. The normalized spacial score (nSPS) is 10.1. The molecule has 14 heavy (non-hydrogen) atoms. The zero-order valence-electron chi connectivity index (χ0n) is 7.60. The quantitative estimate of drug-likeness (QED) is 0.775. The number of ether oxygens (including phenoxy) is 1. The fraction of sp³-hybridized carbons (Fsp3) is 0.111. The summed E-state index contributed by atoms with van der Waals surface area (Å²) >= 11 is 0. The Kier molecular flexibility index (Phi) is 2.06. The molecule has 2 aromatic rings. The van der Waals surface area contributed by atoms with Crippen LogP contribution in [0.15, 0.2) is 29.0 Å². The highest BCUT2D eigenvalue weighted by Gasteiger charge is 2.05. The number of hydrogen-bond donors (Lipinski definition) is 1. The van der Waals surface area contributed by atoms with Gasteiger partial charge in [0.1, 0.15) is 17.7 Å². The summed E-state index contributed by atoms with van der Waals surface area (Å²) in [5.74, 6) is 0.719. The summed E-state index contributed by atoms with van der Waals surface area (Å²) in [6.45, 7) is 0. The standard InChI is InChI=1S/C9H9N3O2/c1-13-6-2-3-11-7(4-6)8-5-14-9(10)12-8/h2-5H,1H3,(H2,10,12). The smallest absolute Gasteiger partial charge is 0.292 e. The Balaban J connectivity index is 2.41. The Bertz CT molecular complexity index is 439. The Morgan fingerprint density at radius 3 is 2.93 bits per heavy atom. The van der Waals surface area contributed by atoms with Crippen LogP contribution in [-0.2, 0) is 0 Å². The van der Waals surface area contributed by atoms with Gasteiger partial charge in [-0.2, -0.15) is 4.98 Å². The topological polar surface area (TPSA) is 74.2 Å². The van der Waals surface area contributed by atoms with Gasteiger partial charge in [0.15, 0.2) is 0 Å². The first kappa shape index (κ1) is 8.55. The number of aromatic nitrogens is 2. The van der Waals surface area contributed by atoms with Gasteiger partial charge in [0, 0.05) is 12.3 Å². The number of rotatable bonds is 2. The van der Waals surface area contributed by atoms with Crippen LogP contribution >= 0.6 is 0 Å². The third kappa shape index (κ3) is 1.52. The van der Waals surface area contributed by atoms with Crippen molar-refractivity contribution in [1.82, 2.24) is 9.97 Å². The van der Waals surface area contributed by atoms with Crippen LogP contribution < -0.4 is 10.5 Å². The molecule has 0 atom stereocenters. The molecule has 5 nitrogen and oxygen atoms in total. The molecule has 5 heteroatoms. The second kappa shape index (κ2) is 3.37. The van der Waals surface area contributed by atoms with Crippen molar-refractivity contribution in [2.75, 3.05) is 12.8 Å². The van der Waals surface area contributed by atoms with Crippen LogP contribution in [0.5, 0.6) is 5.75 Å². The van der Waals surface area contributed by atoms with Crippen LogP contribution in [0, 0.1) is 0 Å². The monoisotopic (exact) mass is 191 g/mol. The Hall–Kier alpha value is -2.04. The first-order valence-corrected chi connectivity index (χ1v) is 4.01. The van der Waals surface area contributed by atoms with Gasteiger partial charge in [-0.1, -0.05) is 0 Å². The van der Waals surface area contributed by atoms with Gasteiger partial charge >= 0.3 is 0 Å². The fourth-order valence-electron chi connectivity index (χ4n) is 1.08. The minimum Gasteiger partial charge on any atom is -0.497 e. The SMILES string of the molecule is COc1ccnc(-c2coc(N)n2)c1. The second-order valence-corrected chi connectivity index (χ2v) is 2.65. The van der Waals surface area contributed by atoms with Crippen LogP contribution in [-0.4, -0.2) is 17.1 Å². The van der Waals surface area contributed by atoms with E-state index in [0.717, 1.165) is 5.75 Å². The Morgan fingerprint density at radius 2 is 2.29 bits per heavy atom. The maximum absolute atomic E-state index is 5.35. The summed E-state index contributed by atoms with van der Waals surface area (Å²) in [6.07, 6.45) is 3.09. The Morgan fingerprint density at radius 1 is 1.43 bits per heavy atom. The van der Waals surface area contributed by atoms with Gasteiger partial charge < -0.3 is 14.9 Å². The zero-order valence-corrected chi connectivity index (χ0v) is 7.60. The highest BCUT2D eigenvalue weighted by molar-refractivity contribution is 5.55. The molecule has 0 radical (unpaired) electrons. The number of methoxy groups -OCH3 is 1. The molecule has 0 fully saturated rings. The van der Waals surface area contributed by atoms with Crippen molar-refractivity contribution in [3.8, 4) is 17.1 Å². The van der Waals surface area contributed by atoms with Crippen LogP contribution in [0.2, 0.25) is 0 Å². The second-order valence-electron chi connectivity index (χ2n) is 2.65. The van der Waals surface area contributed by atoms with Gasteiger partial charge in [-0.3, -0.25) is 4.98 Å². The molecule has 0 bridgehead atoms. The van der Waals surface area contributed by atoms with E-state index in [9.17, 15) is 0 Å². The zero-order chi connectivity index (χ0) is 9.97. The summed E-state index contributed by atoms with van der Waals surface area (Å²) in [5.41, 5.74) is 6.62. The van der Waals surface area contributed by atoms with Gasteiger partial charge in [-0.15, -0.1) is 0 Å². The van der Waals surface area contributed by atoms with Crippen LogP contribution in [0.3, 0.4) is 0 Å². The first-order valence-electron chi connectivity index (χ1n) is 4.01. The van der Waals surface area contributed by atoms with E-state index in [1.54, 1.807) is 25.4 Å². The molecule has 0 aliphatic heterocycles. The summed E-state index contributed by atoms with van der Waals surface area (Å²) < 4.78 is 9.93. The lowest BCUT2D eigenvalue weighted by molar-refractivity contribution is 0.414. The largest absolute Gasteiger partial charge is 0.497 e. The number of nitrogen functional groups attached to an aromatic ring is 1. The lowest BCUT2D eigenvalue weighted by Gasteiger charge is -1.99. The summed E-state index contributed by atoms with van der Waals surface area (Å²) in [6, 6.07) is 3.65. The third-order valence-electron chi connectivity index (χ3n) is 1.75. The molecule has 0 aliphatic rings.